The Hall–Kier alpha value is -5.06. The maximum absolute atomic E-state index is 14.7. The summed E-state index contributed by atoms with van der Waals surface area (Å²) < 4.78 is 105. The summed E-state index contributed by atoms with van der Waals surface area (Å²) in [6.07, 6.45) is -5.75. The molecule has 0 radical (unpaired) electrons. The molecule has 2 aromatic carbocycles. The van der Waals surface area contributed by atoms with E-state index < -0.39 is 97.6 Å². The summed E-state index contributed by atoms with van der Waals surface area (Å²) in [5, 5.41) is 7.49. The zero-order valence-electron chi connectivity index (χ0n) is 36.8. The number of amides is 5. The Bertz CT molecular complexity index is 2260. The maximum Gasteiger partial charge on any atom is 0.416 e. The largest absolute Gasteiger partial charge is 0.444 e. The number of methoxy groups -OCH3 is 1. The van der Waals surface area contributed by atoms with Crippen LogP contribution in [0, 0.1) is 17.2 Å². The Morgan fingerprint density at radius 1 is 0.938 bits per heavy atom. The van der Waals surface area contributed by atoms with E-state index in [4.69, 9.17) is 18.9 Å². The van der Waals surface area contributed by atoms with Crippen molar-refractivity contribution in [3.63, 3.8) is 0 Å². The summed E-state index contributed by atoms with van der Waals surface area (Å²) in [4.78, 5) is 71.3. The van der Waals surface area contributed by atoms with Gasteiger partial charge in [-0.2, -0.15) is 13.2 Å². The highest BCUT2D eigenvalue weighted by Gasteiger charge is 2.62. The van der Waals surface area contributed by atoms with Crippen molar-refractivity contribution in [1.29, 1.82) is 0 Å². The number of carbonyl (C=O) groups is 5. The van der Waals surface area contributed by atoms with Crippen LogP contribution < -0.4 is 20.7 Å². The van der Waals surface area contributed by atoms with E-state index in [1.165, 1.54) is 4.90 Å². The standard InChI is InChI=1S/C43H56F4N6O11S.4H2/c1-6-27-20-42(27,39(57)51-65(59,60)33-9-10-33)50-37(55)34-19-32(23-53(34)38(56)36(41(2,3)4)49-31-17-28(43(45,46)47)16-29(44)18-31)64-40(58)52-21-25-7-8-30(15-26(25)22-52)48-35(54)24-63-14-13-62-12-11-61-5;;;;/h7-8,15-18,27,32-34,36,49H,6,9-14,19-24H2,1-5H3,(H,48,54)(H,50,55)(H,51,57);4*1H/t27-,32-,34+,36-,42-;;;;/m1..../s1. The molecule has 4 N–H and O–H groups in total. The van der Waals surface area contributed by atoms with Gasteiger partial charge in [0.05, 0.1) is 43.8 Å². The van der Waals surface area contributed by atoms with E-state index in [0.717, 1.165) is 22.1 Å². The van der Waals surface area contributed by atoms with Gasteiger partial charge in [0, 0.05) is 43.7 Å². The summed E-state index contributed by atoms with van der Waals surface area (Å²) in [5.41, 5.74) is -2.36. The summed E-state index contributed by atoms with van der Waals surface area (Å²) in [7, 11) is -2.44. The third-order valence-corrected chi connectivity index (χ3v) is 13.6. The van der Waals surface area contributed by atoms with E-state index in [1.54, 1.807) is 53.0 Å². The van der Waals surface area contributed by atoms with Gasteiger partial charge in [-0.25, -0.2) is 17.6 Å². The molecule has 0 bridgehead atoms. The van der Waals surface area contributed by atoms with Crippen LogP contribution >= 0.6 is 0 Å². The van der Waals surface area contributed by atoms with Gasteiger partial charge in [0.15, 0.2) is 0 Å². The lowest BCUT2D eigenvalue weighted by Gasteiger charge is -2.36. The Kier molecular flexibility index (Phi) is 15.0. The third-order valence-electron chi connectivity index (χ3n) is 11.8. The summed E-state index contributed by atoms with van der Waals surface area (Å²) >= 11 is 0. The number of rotatable bonds is 19. The van der Waals surface area contributed by atoms with Crippen molar-refractivity contribution in [3.05, 3.63) is 58.9 Å². The fraction of sp³-hybridized carbons (Fsp3) is 0.605. The van der Waals surface area contributed by atoms with Crippen LogP contribution in [0.2, 0.25) is 0 Å². The number of nitrogens with one attached hydrogen (secondary N) is 4. The van der Waals surface area contributed by atoms with E-state index in [2.05, 4.69) is 20.7 Å². The van der Waals surface area contributed by atoms with Crippen LogP contribution in [0.3, 0.4) is 0 Å². The number of alkyl halides is 3. The number of hydrogen-bond donors (Lipinski definition) is 4. The van der Waals surface area contributed by atoms with Gasteiger partial charge in [0.2, 0.25) is 27.7 Å². The molecule has 2 heterocycles. The molecule has 4 aliphatic rings. The van der Waals surface area contributed by atoms with Gasteiger partial charge in [0.25, 0.3) is 5.91 Å². The molecular weight excluding hydrogens is 885 g/mol. The van der Waals surface area contributed by atoms with Crippen LogP contribution in [0.15, 0.2) is 36.4 Å². The number of ether oxygens (including phenoxy) is 4. The number of carbonyl (C=O) groups excluding carboxylic acids is 5. The number of benzene rings is 2. The normalized spacial score (nSPS) is 22.2. The van der Waals surface area contributed by atoms with E-state index in [1.807, 2.05) is 0 Å². The second kappa shape index (κ2) is 19.8. The third kappa shape index (κ3) is 12.2. The Labute approximate surface area is 380 Å². The van der Waals surface area contributed by atoms with Crippen molar-refractivity contribution in [1.82, 2.24) is 19.8 Å². The number of anilines is 2. The minimum absolute atomic E-state index is 0. The number of halogens is 4. The molecule has 0 aromatic heterocycles. The number of fused-ring (bicyclic) bond motifs is 1. The van der Waals surface area contributed by atoms with Crippen LogP contribution in [-0.2, 0) is 67.4 Å². The molecule has 2 aliphatic heterocycles. The lowest BCUT2D eigenvalue weighted by atomic mass is 9.85. The second-order valence-electron chi connectivity index (χ2n) is 17.9. The molecule has 5 amide bonds. The maximum atomic E-state index is 14.7. The molecule has 0 unspecified atom stereocenters. The Morgan fingerprint density at radius 2 is 1.63 bits per heavy atom. The zero-order chi connectivity index (χ0) is 47.5. The molecule has 366 valence electrons. The van der Waals surface area contributed by atoms with Crippen LogP contribution in [0.25, 0.3) is 0 Å². The lowest BCUT2D eigenvalue weighted by Crippen LogP contribution is -2.58. The Balaban J connectivity index is 0.00000408. The number of hydrogen-bond acceptors (Lipinski definition) is 12. The molecule has 6 rings (SSSR count). The SMILES string of the molecule is CC[C@@H]1C[C@]1(NC(=O)[C@@H]1C[C@@H](OC(=O)N2Cc3ccc(NC(=O)COCCOCCOC)cc3C2)CN1C(=O)[C@@H](Nc1cc(F)cc(C(F)(F)F)c1)C(C)(C)C)C(=O)NS(=O)(=O)C1CC1.[HH].[HH].[HH].[HH]. The van der Waals surface area contributed by atoms with E-state index in [9.17, 15) is 50.0 Å². The average Bonchev–Trinajstić information content (AvgIpc) is 4.12. The summed E-state index contributed by atoms with van der Waals surface area (Å²) in [5.74, 6) is -4.59. The monoisotopic (exact) mass is 948 g/mol. The van der Waals surface area contributed by atoms with Gasteiger partial charge in [-0.3, -0.25) is 28.8 Å². The summed E-state index contributed by atoms with van der Waals surface area (Å²) in [6.45, 7) is 7.61. The zero-order valence-corrected chi connectivity index (χ0v) is 37.7. The van der Waals surface area contributed by atoms with Crippen LogP contribution in [-0.4, -0.2) is 124 Å². The van der Waals surface area contributed by atoms with Gasteiger partial charge in [-0.15, -0.1) is 0 Å². The molecular formula is C43H64F4N6O11S. The van der Waals surface area contributed by atoms with Crippen molar-refractivity contribution >= 4 is 51.1 Å². The first-order valence-corrected chi connectivity index (χ1v) is 22.9. The highest BCUT2D eigenvalue weighted by molar-refractivity contribution is 7.91. The van der Waals surface area contributed by atoms with Crippen LogP contribution in [0.1, 0.15) is 82.2 Å². The molecule has 2 saturated carbocycles. The van der Waals surface area contributed by atoms with Gasteiger partial charge < -0.3 is 39.8 Å². The number of sulfonamides is 1. The van der Waals surface area contributed by atoms with Crippen molar-refractivity contribution in [3.8, 4) is 0 Å². The molecule has 17 nitrogen and oxygen atoms in total. The van der Waals surface area contributed by atoms with Crippen molar-refractivity contribution in [2.75, 3.05) is 57.3 Å². The first kappa shape index (κ1) is 49.4. The van der Waals surface area contributed by atoms with Crippen molar-refractivity contribution in [2.24, 2.45) is 11.3 Å². The quantitative estimate of drug-likeness (QED) is 0.105. The van der Waals surface area contributed by atoms with Crippen LogP contribution in [0.4, 0.5) is 33.7 Å². The fourth-order valence-electron chi connectivity index (χ4n) is 8.03. The minimum Gasteiger partial charge on any atom is -0.444 e. The molecule has 3 fully saturated rings. The molecule has 0 spiro atoms. The topological polar surface area (TPSA) is 211 Å². The van der Waals surface area contributed by atoms with Gasteiger partial charge in [0.1, 0.15) is 36.2 Å². The van der Waals surface area contributed by atoms with Crippen molar-refractivity contribution in [2.45, 2.75) is 108 Å². The highest BCUT2D eigenvalue weighted by Crippen LogP contribution is 2.47. The van der Waals surface area contributed by atoms with E-state index in [-0.39, 0.29) is 63.7 Å². The minimum atomic E-state index is -4.90. The first-order chi connectivity index (χ1) is 30.5. The van der Waals surface area contributed by atoms with E-state index >= 15 is 0 Å². The molecule has 22 heteroatoms. The predicted octanol–water partition coefficient (Wildman–Crippen LogP) is 5.29. The van der Waals surface area contributed by atoms with Gasteiger partial charge in [-0.05, 0) is 72.1 Å². The van der Waals surface area contributed by atoms with Gasteiger partial charge >= 0.3 is 12.3 Å². The Morgan fingerprint density at radius 3 is 2.28 bits per heavy atom. The average molecular weight is 949 g/mol. The fourth-order valence-corrected chi connectivity index (χ4v) is 9.39. The molecule has 65 heavy (non-hydrogen) atoms. The molecule has 1 saturated heterocycles. The molecule has 5 atom stereocenters. The number of likely N-dealkylation sites (tertiary alicyclic amines) is 1. The highest BCUT2D eigenvalue weighted by atomic mass is 32.2. The summed E-state index contributed by atoms with van der Waals surface area (Å²) in [6, 6.07) is 4.15. The second-order valence-corrected chi connectivity index (χ2v) is 19.9. The smallest absolute Gasteiger partial charge is 0.416 e. The van der Waals surface area contributed by atoms with Gasteiger partial charge in [-0.1, -0.05) is 40.2 Å². The molecule has 2 aromatic rings. The van der Waals surface area contributed by atoms with Crippen LogP contribution in [0.5, 0.6) is 0 Å². The van der Waals surface area contributed by atoms with Crippen molar-refractivity contribution < 1.29 is 74.6 Å². The lowest BCUT2D eigenvalue weighted by molar-refractivity contribution is -0.141. The number of nitrogens with zero attached hydrogens (tertiary/aromatic N) is 2. The van der Waals surface area contributed by atoms with E-state index in [0.29, 0.717) is 50.3 Å². The first-order valence-electron chi connectivity index (χ1n) is 21.4. The molecule has 2 aliphatic carbocycles. The predicted molar refractivity (Wildman–Crippen MR) is 234 cm³/mol.